The maximum Gasteiger partial charge on any atom is 0.223 e. The van der Waals surface area contributed by atoms with Gasteiger partial charge >= 0.3 is 0 Å². The van der Waals surface area contributed by atoms with E-state index < -0.39 is 10.0 Å². The van der Waals surface area contributed by atoms with E-state index in [1.165, 1.54) is 16.2 Å². The number of carbonyl (C=O) groups is 1. The molecule has 29 heavy (non-hydrogen) atoms. The topological polar surface area (TPSA) is 76.2 Å². The lowest BCUT2D eigenvalue weighted by molar-refractivity contribution is -0.131. The highest BCUT2D eigenvalue weighted by Crippen LogP contribution is 2.15. The lowest BCUT2D eigenvalue weighted by Gasteiger charge is -2.36. The molecule has 0 atom stereocenters. The molecule has 9 heteroatoms. The standard InChI is InChI=1S/C20H33N5O3S/c1-29(27,28)25(10-7-20(26)24-11-8-21-9-12-24)18-15-22-13-16-23(17-14-22)19-5-3-2-4-6-19/h2-6,21H,7-18H2,1H3. The molecule has 8 nitrogen and oxygen atoms in total. The van der Waals surface area contributed by atoms with Gasteiger partial charge < -0.3 is 15.1 Å². The number of anilines is 1. The van der Waals surface area contributed by atoms with Crippen LogP contribution in [0.15, 0.2) is 30.3 Å². The summed E-state index contributed by atoms with van der Waals surface area (Å²) in [6, 6.07) is 10.4. The van der Waals surface area contributed by atoms with Gasteiger partial charge in [-0.3, -0.25) is 9.69 Å². The molecule has 0 aromatic heterocycles. The van der Waals surface area contributed by atoms with E-state index in [-0.39, 0.29) is 18.9 Å². The van der Waals surface area contributed by atoms with Crippen molar-refractivity contribution in [2.45, 2.75) is 6.42 Å². The van der Waals surface area contributed by atoms with Gasteiger partial charge in [-0.2, -0.15) is 0 Å². The molecule has 2 aliphatic heterocycles. The Kier molecular flexibility index (Phi) is 7.88. The molecule has 162 valence electrons. The molecule has 0 bridgehead atoms. The van der Waals surface area contributed by atoms with E-state index in [1.807, 2.05) is 23.1 Å². The molecule has 0 spiro atoms. The molecule has 2 aliphatic rings. The Morgan fingerprint density at radius 1 is 1.00 bits per heavy atom. The summed E-state index contributed by atoms with van der Waals surface area (Å²) in [7, 11) is -3.33. The first-order valence-corrected chi connectivity index (χ1v) is 12.2. The number of rotatable bonds is 8. The first-order valence-electron chi connectivity index (χ1n) is 10.4. The fraction of sp³-hybridized carbons (Fsp3) is 0.650. The molecule has 1 aromatic rings. The number of amides is 1. The van der Waals surface area contributed by atoms with Crippen molar-refractivity contribution in [1.29, 1.82) is 0 Å². The Labute approximate surface area is 174 Å². The highest BCUT2D eigenvalue weighted by Gasteiger charge is 2.23. The van der Waals surface area contributed by atoms with Gasteiger partial charge in [0.15, 0.2) is 0 Å². The van der Waals surface area contributed by atoms with Crippen LogP contribution in [0.1, 0.15) is 6.42 Å². The van der Waals surface area contributed by atoms with Gasteiger partial charge in [-0.1, -0.05) is 18.2 Å². The monoisotopic (exact) mass is 423 g/mol. The maximum atomic E-state index is 12.4. The number of sulfonamides is 1. The van der Waals surface area contributed by atoms with Crippen molar-refractivity contribution in [2.75, 3.05) is 83.1 Å². The molecule has 3 rings (SSSR count). The van der Waals surface area contributed by atoms with Crippen molar-refractivity contribution in [3.05, 3.63) is 30.3 Å². The van der Waals surface area contributed by atoms with Crippen molar-refractivity contribution in [3.63, 3.8) is 0 Å². The second kappa shape index (κ2) is 10.4. The van der Waals surface area contributed by atoms with Gasteiger partial charge in [-0.05, 0) is 12.1 Å². The minimum atomic E-state index is -3.33. The summed E-state index contributed by atoms with van der Waals surface area (Å²) in [5.41, 5.74) is 1.23. The number of hydrogen-bond acceptors (Lipinski definition) is 6. The van der Waals surface area contributed by atoms with Crippen molar-refractivity contribution in [1.82, 2.24) is 19.4 Å². The number of piperazine rings is 2. The Morgan fingerprint density at radius 2 is 1.66 bits per heavy atom. The predicted octanol–water partition coefficient (Wildman–Crippen LogP) is -0.108. The minimum Gasteiger partial charge on any atom is -0.369 e. The third kappa shape index (κ3) is 6.67. The van der Waals surface area contributed by atoms with Crippen LogP contribution in [0.25, 0.3) is 0 Å². The molecule has 2 fully saturated rings. The first kappa shape index (κ1) is 22.0. The lowest BCUT2D eigenvalue weighted by atomic mass is 10.2. The predicted molar refractivity (Wildman–Crippen MR) is 116 cm³/mol. The number of nitrogens with zero attached hydrogens (tertiary/aromatic N) is 4. The zero-order valence-corrected chi connectivity index (χ0v) is 18.1. The zero-order chi connectivity index (χ0) is 20.7. The van der Waals surface area contributed by atoms with Crippen LogP contribution in [-0.4, -0.2) is 107 Å². The molecule has 1 amide bonds. The number of para-hydroxylation sites is 1. The van der Waals surface area contributed by atoms with Crippen LogP contribution in [0.2, 0.25) is 0 Å². The summed E-state index contributed by atoms with van der Waals surface area (Å²) >= 11 is 0. The lowest BCUT2D eigenvalue weighted by Crippen LogP contribution is -2.49. The number of nitrogens with one attached hydrogen (secondary N) is 1. The Hall–Kier alpha value is -1.68. The molecule has 0 saturated carbocycles. The quantitative estimate of drug-likeness (QED) is 0.629. The largest absolute Gasteiger partial charge is 0.369 e. The molecule has 0 unspecified atom stereocenters. The van der Waals surface area contributed by atoms with E-state index in [2.05, 4.69) is 27.2 Å². The summed E-state index contributed by atoms with van der Waals surface area (Å²) in [6.07, 6.45) is 1.48. The molecule has 0 aliphatic carbocycles. The number of carbonyl (C=O) groups excluding carboxylic acids is 1. The Balaban J connectivity index is 1.44. The van der Waals surface area contributed by atoms with Crippen molar-refractivity contribution >= 4 is 21.6 Å². The number of benzene rings is 1. The summed E-state index contributed by atoms with van der Waals surface area (Å²) in [6.45, 7) is 8.06. The molecule has 2 saturated heterocycles. The van der Waals surface area contributed by atoms with Crippen LogP contribution in [0, 0.1) is 0 Å². The average Bonchev–Trinajstić information content (AvgIpc) is 2.74. The molecule has 2 heterocycles. The maximum absolute atomic E-state index is 12.4. The average molecular weight is 424 g/mol. The van der Waals surface area contributed by atoms with E-state index in [1.54, 1.807) is 0 Å². The van der Waals surface area contributed by atoms with Gasteiger partial charge in [0.2, 0.25) is 15.9 Å². The van der Waals surface area contributed by atoms with E-state index in [4.69, 9.17) is 0 Å². The smallest absolute Gasteiger partial charge is 0.223 e. The fourth-order valence-electron chi connectivity index (χ4n) is 3.86. The fourth-order valence-corrected chi connectivity index (χ4v) is 4.69. The van der Waals surface area contributed by atoms with E-state index in [0.29, 0.717) is 26.2 Å². The molecule has 0 radical (unpaired) electrons. The molecule has 1 N–H and O–H groups in total. The van der Waals surface area contributed by atoms with Gasteiger partial charge in [0.25, 0.3) is 0 Å². The van der Waals surface area contributed by atoms with Crippen LogP contribution in [-0.2, 0) is 14.8 Å². The van der Waals surface area contributed by atoms with Gasteiger partial charge in [-0.25, -0.2) is 12.7 Å². The SMILES string of the molecule is CS(=O)(=O)N(CCC(=O)N1CCNCC1)CCN1CCN(c2ccccc2)CC1. The van der Waals surface area contributed by atoms with Gasteiger partial charge in [0.1, 0.15) is 0 Å². The van der Waals surface area contributed by atoms with Crippen molar-refractivity contribution in [3.8, 4) is 0 Å². The Morgan fingerprint density at radius 3 is 2.28 bits per heavy atom. The van der Waals surface area contributed by atoms with Crippen molar-refractivity contribution < 1.29 is 13.2 Å². The second-order valence-electron chi connectivity index (χ2n) is 7.71. The third-order valence-corrected chi connectivity index (χ3v) is 6.98. The van der Waals surface area contributed by atoms with Crippen LogP contribution in [0.5, 0.6) is 0 Å². The van der Waals surface area contributed by atoms with E-state index >= 15 is 0 Å². The van der Waals surface area contributed by atoms with E-state index in [9.17, 15) is 13.2 Å². The molecular formula is C20H33N5O3S. The summed E-state index contributed by atoms with van der Waals surface area (Å²) < 4.78 is 25.8. The van der Waals surface area contributed by atoms with Crippen LogP contribution in [0.3, 0.4) is 0 Å². The Bertz CT molecular complexity index is 745. The number of hydrogen-bond donors (Lipinski definition) is 1. The van der Waals surface area contributed by atoms with E-state index in [0.717, 1.165) is 39.3 Å². The van der Waals surface area contributed by atoms with Crippen molar-refractivity contribution in [2.24, 2.45) is 0 Å². The highest BCUT2D eigenvalue weighted by atomic mass is 32.2. The van der Waals surface area contributed by atoms with Gasteiger partial charge in [0, 0.05) is 84.1 Å². The van der Waals surface area contributed by atoms with Gasteiger partial charge in [0.05, 0.1) is 6.26 Å². The summed E-state index contributed by atoms with van der Waals surface area (Å²) in [4.78, 5) is 18.8. The van der Waals surface area contributed by atoms with Crippen LogP contribution < -0.4 is 10.2 Å². The third-order valence-electron chi connectivity index (χ3n) is 5.67. The molecular weight excluding hydrogens is 390 g/mol. The van der Waals surface area contributed by atoms with Crippen LogP contribution in [0.4, 0.5) is 5.69 Å². The normalized spacial score (nSPS) is 19.0. The minimum absolute atomic E-state index is 0.0385. The second-order valence-corrected chi connectivity index (χ2v) is 9.69. The van der Waals surface area contributed by atoms with Crippen LogP contribution >= 0.6 is 0 Å². The molecule has 1 aromatic carbocycles. The summed E-state index contributed by atoms with van der Waals surface area (Å²) in [5, 5.41) is 3.22. The first-order chi connectivity index (χ1) is 13.9. The highest BCUT2D eigenvalue weighted by molar-refractivity contribution is 7.88. The summed E-state index contributed by atoms with van der Waals surface area (Å²) in [5.74, 6) is 0.0385. The van der Waals surface area contributed by atoms with Gasteiger partial charge in [-0.15, -0.1) is 0 Å². The zero-order valence-electron chi connectivity index (χ0n) is 17.3.